The highest BCUT2D eigenvalue weighted by molar-refractivity contribution is 6.30. The van der Waals surface area contributed by atoms with Crippen molar-refractivity contribution in [1.82, 2.24) is 9.55 Å². The van der Waals surface area contributed by atoms with Crippen molar-refractivity contribution >= 4 is 11.6 Å². The lowest BCUT2D eigenvalue weighted by Gasteiger charge is -2.07. The van der Waals surface area contributed by atoms with E-state index in [1.54, 1.807) is 12.1 Å². The number of halogens is 2. The number of aromatic nitrogens is 2. The molecule has 0 radical (unpaired) electrons. The molecule has 0 saturated heterocycles. The second kappa shape index (κ2) is 5.08. The Morgan fingerprint density at radius 2 is 2.22 bits per heavy atom. The highest BCUT2D eigenvalue weighted by Gasteiger charge is 2.11. The summed E-state index contributed by atoms with van der Waals surface area (Å²) in [7, 11) is 0. The number of nitrogens with zero attached hydrogens (tertiary/aromatic N) is 2. The maximum Gasteiger partial charge on any atom is 0.146 e. The summed E-state index contributed by atoms with van der Waals surface area (Å²) in [6.07, 6.45) is 1.85. The fraction of sp³-hybridized carbons (Fsp3) is 0.308. The molecule has 0 aliphatic rings. The van der Waals surface area contributed by atoms with E-state index in [2.05, 4.69) is 4.98 Å². The topological polar surface area (TPSA) is 43.8 Å². The second-order valence-electron chi connectivity index (χ2n) is 4.34. The zero-order valence-electron chi connectivity index (χ0n) is 10.3. The van der Waals surface area contributed by atoms with Crippen LogP contribution in [0.2, 0.25) is 5.02 Å². The Kier molecular flexibility index (Phi) is 3.68. The molecular formula is C13H15ClFN3. The average molecular weight is 268 g/mol. The molecule has 0 spiro atoms. The Balaban J connectivity index is 2.31. The van der Waals surface area contributed by atoms with E-state index >= 15 is 0 Å². The molecule has 1 aromatic carbocycles. The van der Waals surface area contributed by atoms with Crippen LogP contribution in [0.5, 0.6) is 0 Å². The molecule has 0 aliphatic heterocycles. The van der Waals surface area contributed by atoms with E-state index in [0.29, 0.717) is 12.1 Å². The van der Waals surface area contributed by atoms with Gasteiger partial charge in [-0.2, -0.15) is 0 Å². The molecule has 0 amide bonds. The Labute approximate surface area is 110 Å². The normalized spacial score (nSPS) is 12.7. The fourth-order valence-electron chi connectivity index (χ4n) is 1.77. The first-order valence-corrected chi connectivity index (χ1v) is 6.09. The molecule has 0 aliphatic carbocycles. The minimum absolute atomic E-state index is 0.130. The Hall–Kier alpha value is -1.39. The van der Waals surface area contributed by atoms with Gasteiger partial charge in [0.1, 0.15) is 11.6 Å². The predicted octanol–water partition coefficient (Wildman–Crippen LogP) is 3.05. The number of aryl methyl sites for hydroxylation is 1. The number of imidazole rings is 1. The Morgan fingerprint density at radius 3 is 2.83 bits per heavy atom. The second-order valence-corrected chi connectivity index (χ2v) is 4.75. The molecule has 1 aromatic heterocycles. The largest absolute Gasteiger partial charge is 0.330 e. The predicted molar refractivity (Wildman–Crippen MR) is 70.1 cm³/mol. The van der Waals surface area contributed by atoms with E-state index in [1.807, 2.05) is 24.6 Å². The van der Waals surface area contributed by atoms with E-state index in [4.69, 9.17) is 17.3 Å². The van der Waals surface area contributed by atoms with E-state index in [9.17, 15) is 4.39 Å². The molecule has 0 saturated carbocycles. The lowest BCUT2D eigenvalue weighted by atomic mass is 10.2. The van der Waals surface area contributed by atoms with Crippen molar-refractivity contribution in [3.63, 3.8) is 0 Å². The summed E-state index contributed by atoms with van der Waals surface area (Å²) >= 11 is 5.76. The summed E-state index contributed by atoms with van der Waals surface area (Å²) in [6, 6.07) is 4.86. The van der Waals surface area contributed by atoms with Gasteiger partial charge in [-0.1, -0.05) is 23.7 Å². The van der Waals surface area contributed by atoms with Gasteiger partial charge in [0.2, 0.25) is 0 Å². The van der Waals surface area contributed by atoms with Crippen LogP contribution < -0.4 is 5.73 Å². The zero-order chi connectivity index (χ0) is 13.3. The number of hydrogen-bond donors (Lipinski definition) is 1. The van der Waals surface area contributed by atoms with Crippen LogP contribution in [0.4, 0.5) is 4.39 Å². The van der Waals surface area contributed by atoms with Gasteiger partial charge in [0, 0.05) is 17.8 Å². The summed E-state index contributed by atoms with van der Waals surface area (Å²) in [4.78, 5) is 4.34. The maximum absolute atomic E-state index is 13.8. The van der Waals surface area contributed by atoms with Crippen molar-refractivity contribution in [2.45, 2.75) is 26.4 Å². The minimum Gasteiger partial charge on any atom is -0.330 e. The minimum atomic E-state index is -0.380. The lowest BCUT2D eigenvalue weighted by Crippen LogP contribution is -2.05. The van der Waals surface area contributed by atoms with Crippen molar-refractivity contribution in [1.29, 1.82) is 0 Å². The third kappa shape index (κ3) is 2.54. The molecule has 2 N–H and O–H groups in total. The Bertz CT molecular complexity index is 563. The molecule has 2 aromatic rings. The van der Waals surface area contributed by atoms with Crippen LogP contribution in [0.3, 0.4) is 0 Å². The first kappa shape index (κ1) is 13.1. The summed E-state index contributed by atoms with van der Waals surface area (Å²) in [5.74, 6) is 0.427. The van der Waals surface area contributed by atoms with Gasteiger partial charge in [-0.05, 0) is 19.9 Å². The highest BCUT2D eigenvalue weighted by atomic mass is 35.5. The van der Waals surface area contributed by atoms with Crippen molar-refractivity contribution in [3.8, 4) is 0 Å². The van der Waals surface area contributed by atoms with E-state index in [0.717, 1.165) is 11.5 Å². The van der Waals surface area contributed by atoms with Crippen LogP contribution in [0, 0.1) is 12.7 Å². The van der Waals surface area contributed by atoms with Crippen molar-refractivity contribution in [2.24, 2.45) is 5.73 Å². The average Bonchev–Trinajstić information content (AvgIpc) is 2.67. The highest BCUT2D eigenvalue weighted by Crippen LogP contribution is 2.20. The quantitative estimate of drug-likeness (QED) is 0.929. The summed E-state index contributed by atoms with van der Waals surface area (Å²) in [5.41, 5.74) is 7.11. The Morgan fingerprint density at radius 1 is 1.50 bits per heavy atom. The molecule has 96 valence electrons. The van der Waals surface area contributed by atoms with Gasteiger partial charge in [0.05, 0.1) is 17.3 Å². The van der Waals surface area contributed by atoms with E-state index < -0.39 is 0 Å². The van der Waals surface area contributed by atoms with Crippen LogP contribution in [0.15, 0.2) is 24.4 Å². The van der Waals surface area contributed by atoms with Gasteiger partial charge in [-0.25, -0.2) is 9.37 Å². The van der Waals surface area contributed by atoms with Gasteiger partial charge in [-0.3, -0.25) is 0 Å². The molecule has 1 atom stereocenters. The van der Waals surface area contributed by atoms with Crippen LogP contribution in [0.1, 0.15) is 30.0 Å². The summed E-state index contributed by atoms with van der Waals surface area (Å²) in [5, 5.41) is 0.137. The van der Waals surface area contributed by atoms with Crippen LogP contribution in [-0.4, -0.2) is 9.55 Å². The van der Waals surface area contributed by atoms with E-state index in [-0.39, 0.29) is 16.9 Å². The molecule has 3 nitrogen and oxygen atoms in total. The number of nitrogens with two attached hydrogens (primary N) is 1. The molecule has 0 fully saturated rings. The smallest absolute Gasteiger partial charge is 0.146 e. The molecular weight excluding hydrogens is 253 g/mol. The van der Waals surface area contributed by atoms with Crippen molar-refractivity contribution in [2.75, 3.05) is 0 Å². The fourth-order valence-corrected chi connectivity index (χ4v) is 1.96. The lowest BCUT2D eigenvalue weighted by molar-refractivity contribution is 0.597. The zero-order valence-corrected chi connectivity index (χ0v) is 11.1. The van der Waals surface area contributed by atoms with Gasteiger partial charge in [0.15, 0.2) is 0 Å². The van der Waals surface area contributed by atoms with Crippen LogP contribution in [-0.2, 0) is 6.54 Å². The van der Waals surface area contributed by atoms with Gasteiger partial charge >= 0.3 is 0 Å². The molecule has 0 bridgehead atoms. The van der Waals surface area contributed by atoms with Crippen LogP contribution >= 0.6 is 11.6 Å². The molecule has 5 heteroatoms. The van der Waals surface area contributed by atoms with E-state index in [1.165, 1.54) is 6.07 Å². The standard InChI is InChI=1S/C13H15ClFN3/c1-8(16)12-7-18(9(2)17-12)6-10-4-3-5-11(14)13(10)15/h3-5,7-8H,6,16H2,1-2H3/t8-/m0/s1. The molecule has 1 heterocycles. The van der Waals surface area contributed by atoms with Crippen molar-refractivity contribution in [3.05, 3.63) is 52.3 Å². The van der Waals surface area contributed by atoms with Gasteiger partial charge in [0.25, 0.3) is 0 Å². The number of benzene rings is 1. The van der Waals surface area contributed by atoms with Crippen molar-refractivity contribution < 1.29 is 4.39 Å². The SMILES string of the molecule is Cc1nc([C@H](C)N)cn1Cc1cccc(Cl)c1F. The molecule has 2 rings (SSSR count). The number of hydrogen-bond acceptors (Lipinski definition) is 2. The summed E-state index contributed by atoms with van der Waals surface area (Å²) in [6.45, 7) is 4.14. The monoisotopic (exact) mass is 267 g/mol. The first-order chi connectivity index (χ1) is 8.49. The third-order valence-corrected chi connectivity index (χ3v) is 3.13. The molecule has 18 heavy (non-hydrogen) atoms. The summed E-state index contributed by atoms with van der Waals surface area (Å²) < 4.78 is 15.7. The molecule has 0 unspecified atom stereocenters. The third-order valence-electron chi connectivity index (χ3n) is 2.83. The number of rotatable bonds is 3. The van der Waals surface area contributed by atoms with Crippen LogP contribution in [0.25, 0.3) is 0 Å². The first-order valence-electron chi connectivity index (χ1n) is 5.71. The van der Waals surface area contributed by atoms with Gasteiger partial charge in [-0.15, -0.1) is 0 Å². The van der Waals surface area contributed by atoms with Gasteiger partial charge < -0.3 is 10.3 Å². The maximum atomic E-state index is 13.8.